The molecule has 1 saturated heterocycles. The van der Waals surface area contributed by atoms with Crippen LogP contribution in [0.4, 0.5) is 0 Å². The van der Waals surface area contributed by atoms with E-state index in [4.69, 9.17) is 4.74 Å². The van der Waals surface area contributed by atoms with Crippen LogP contribution in [0.2, 0.25) is 0 Å². The van der Waals surface area contributed by atoms with Crippen molar-refractivity contribution in [1.82, 2.24) is 14.7 Å². The summed E-state index contributed by atoms with van der Waals surface area (Å²) in [5.74, 6) is 0.104. The Morgan fingerprint density at radius 3 is 2.79 bits per heavy atom. The fourth-order valence-corrected chi connectivity index (χ4v) is 4.74. The van der Waals surface area contributed by atoms with E-state index in [0.29, 0.717) is 6.54 Å². The van der Waals surface area contributed by atoms with Gasteiger partial charge in [-0.2, -0.15) is 5.10 Å². The second-order valence-electron chi connectivity index (χ2n) is 7.39. The molecule has 0 unspecified atom stereocenters. The van der Waals surface area contributed by atoms with Gasteiger partial charge in [0.15, 0.2) is 0 Å². The highest BCUT2D eigenvalue weighted by Gasteiger charge is 2.23. The molecule has 1 N–H and O–H groups in total. The van der Waals surface area contributed by atoms with Gasteiger partial charge in [-0.3, -0.25) is 9.48 Å². The molecule has 1 fully saturated rings. The van der Waals surface area contributed by atoms with Crippen LogP contribution in [0.5, 0.6) is 0 Å². The maximum atomic E-state index is 13.4. The fraction of sp³-hybridized carbons (Fsp3) is 0.429. The van der Waals surface area contributed by atoms with Gasteiger partial charge >= 0.3 is 0 Å². The highest BCUT2D eigenvalue weighted by atomic mass is 32.1. The monoisotopic (exact) mass is 399 g/mol. The van der Waals surface area contributed by atoms with Crippen molar-refractivity contribution in [3.8, 4) is 0 Å². The van der Waals surface area contributed by atoms with Gasteiger partial charge in [0.25, 0.3) is 5.91 Å². The smallest absolute Gasteiger partial charge is 0.264 e. The third-order valence-corrected chi connectivity index (χ3v) is 6.41. The second-order valence-corrected chi connectivity index (χ2v) is 8.47. The predicted molar refractivity (Wildman–Crippen MR) is 111 cm³/mol. The maximum absolute atomic E-state index is 13.4. The number of aromatic nitrogens is 2. The Kier molecular flexibility index (Phi) is 5.75. The number of carbonyl (C=O) groups is 1. The summed E-state index contributed by atoms with van der Waals surface area (Å²) in [5.41, 5.74) is 2.04. The lowest BCUT2D eigenvalue weighted by Gasteiger charge is -2.27. The van der Waals surface area contributed by atoms with Crippen LogP contribution in [0.15, 0.2) is 36.4 Å². The number of aryl methyl sites for hydroxylation is 2. The molecule has 1 aliphatic rings. The van der Waals surface area contributed by atoms with E-state index in [2.05, 4.69) is 23.3 Å². The van der Waals surface area contributed by atoms with Crippen molar-refractivity contribution in [2.75, 3.05) is 39.4 Å². The third kappa shape index (κ3) is 4.27. The van der Waals surface area contributed by atoms with Crippen molar-refractivity contribution < 1.29 is 14.4 Å². The molecule has 0 atom stereocenters. The minimum atomic E-state index is 0.104. The molecule has 0 aliphatic carbocycles. The SMILES string of the molecule is Cc1cc(CN(CC[NH+]2CCOCC2)C(=O)c2cc3ccccc3s2)n(C)n1. The van der Waals surface area contributed by atoms with Crippen molar-refractivity contribution >= 4 is 27.3 Å². The standard InChI is InChI=1S/C21H26N4O2S/c1-16-13-18(23(2)22-16)15-25(8-7-24-9-11-27-12-10-24)21(26)20-14-17-5-3-4-6-19(17)28-20/h3-6,13-14H,7-12,15H2,1-2H3/p+1. The molecule has 1 aliphatic heterocycles. The lowest BCUT2D eigenvalue weighted by Crippen LogP contribution is -3.14. The Bertz CT molecular complexity index is 925. The topological polar surface area (TPSA) is 51.8 Å². The van der Waals surface area contributed by atoms with Gasteiger partial charge in [-0.25, -0.2) is 0 Å². The number of fused-ring (bicyclic) bond motifs is 1. The molecule has 7 heteroatoms. The Morgan fingerprint density at radius 2 is 2.07 bits per heavy atom. The first-order chi connectivity index (χ1) is 13.6. The summed E-state index contributed by atoms with van der Waals surface area (Å²) in [5, 5.41) is 5.57. The lowest BCUT2D eigenvalue weighted by atomic mass is 10.2. The molecule has 0 radical (unpaired) electrons. The Hall–Kier alpha value is -2.22. The van der Waals surface area contributed by atoms with E-state index >= 15 is 0 Å². The van der Waals surface area contributed by atoms with Gasteiger partial charge in [0.2, 0.25) is 0 Å². The van der Waals surface area contributed by atoms with Crippen LogP contribution >= 0.6 is 11.3 Å². The molecule has 0 bridgehead atoms. The highest BCUT2D eigenvalue weighted by Crippen LogP contribution is 2.26. The first-order valence-corrected chi connectivity index (χ1v) is 10.6. The average molecular weight is 400 g/mol. The quantitative estimate of drug-likeness (QED) is 0.684. The van der Waals surface area contributed by atoms with Crippen LogP contribution in [0, 0.1) is 6.92 Å². The minimum Gasteiger partial charge on any atom is -0.370 e. The van der Waals surface area contributed by atoms with Crippen molar-refractivity contribution in [3.05, 3.63) is 52.7 Å². The molecule has 148 valence electrons. The molecule has 1 aromatic carbocycles. The maximum Gasteiger partial charge on any atom is 0.264 e. The van der Waals surface area contributed by atoms with Crippen LogP contribution in [0.3, 0.4) is 0 Å². The average Bonchev–Trinajstić information content (AvgIpc) is 3.27. The number of hydrogen-bond donors (Lipinski definition) is 1. The van der Waals surface area contributed by atoms with Crippen LogP contribution in [-0.2, 0) is 18.3 Å². The number of nitrogens with one attached hydrogen (secondary N) is 1. The molecule has 1 amide bonds. The van der Waals surface area contributed by atoms with Gasteiger partial charge in [0, 0.05) is 11.7 Å². The number of benzene rings is 1. The normalized spacial score (nSPS) is 15.2. The summed E-state index contributed by atoms with van der Waals surface area (Å²) in [6.07, 6.45) is 0. The number of morpholine rings is 1. The zero-order valence-electron chi connectivity index (χ0n) is 16.5. The van der Waals surface area contributed by atoms with E-state index in [9.17, 15) is 4.79 Å². The molecule has 3 heterocycles. The summed E-state index contributed by atoms with van der Waals surface area (Å²) < 4.78 is 8.49. The highest BCUT2D eigenvalue weighted by molar-refractivity contribution is 7.20. The first-order valence-electron chi connectivity index (χ1n) is 9.79. The number of amides is 1. The molecule has 2 aromatic heterocycles. The van der Waals surface area contributed by atoms with Gasteiger partial charge < -0.3 is 14.5 Å². The largest absolute Gasteiger partial charge is 0.370 e. The van der Waals surface area contributed by atoms with E-state index in [1.165, 1.54) is 4.90 Å². The molecule has 3 aromatic rings. The number of quaternary nitrogens is 1. The molecule has 4 rings (SSSR count). The van der Waals surface area contributed by atoms with Crippen LogP contribution in [-0.4, -0.2) is 60.0 Å². The summed E-state index contributed by atoms with van der Waals surface area (Å²) >= 11 is 1.57. The van der Waals surface area contributed by atoms with E-state index in [0.717, 1.165) is 65.7 Å². The van der Waals surface area contributed by atoms with E-state index in [1.807, 2.05) is 41.8 Å². The van der Waals surface area contributed by atoms with Crippen molar-refractivity contribution in [2.45, 2.75) is 13.5 Å². The Morgan fingerprint density at radius 1 is 1.29 bits per heavy atom. The van der Waals surface area contributed by atoms with Gasteiger partial charge in [-0.05, 0) is 30.5 Å². The summed E-state index contributed by atoms with van der Waals surface area (Å²) in [6, 6.07) is 12.3. The van der Waals surface area contributed by atoms with E-state index in [-0.39, 0.29) is 5.91 Å². The minimum absolute atomic E-state index is 0.104. The van der Waals surface area contributed by atoms with Crippen LogP contribution < -0.4 is 4.90 Å². The second kappa shape index (κ2) is 8.43. The first kappa shape index (κ1) is 19.1. The number of rotatable bonds is 6. The number of ether oxygens (including phenoxy) is 1. The third-order valence-electron chi connectivity index (χ3n) is 5.31. The Labute approximate surface area is 169 Å². The van der Waals surface area contributed by atoms with Crippen molar-refractivity contribution in [3.63, 3.8) is 0 Å². The van der Waals surface area contributed by atoms with Crippen molar-refractivity contribution in [2.24, 2.45) is 7.05 Å². The molecule has 0 saturated carbocycles. The summed E-state index contributed by atoms with van der Waals surface area (Å²) in [7, 11) is 1.94. The molecule has 0 spiro atoms. The zero-order valence-corrected chi connectivity index (χ0v) is 17.3. The van der Waals surface area contributed by atoms with Gasteiger partial charge in [0.05, 0.1) is 49.1 Å². The van der Waals surface area contributed by atoms with Crippen LogP contribution in [0.1, 0.15) is 21.1 Å². The van der Waals surface area contributed by atoms with Crippen molar-refractivity contribution in [1.29, 1.82) is 0 Å². The Balaban J connectivity index is 1.55. The molecule has 6 nitrogen and oxygen atoms in total. The summed E-state index contributed by atoms with van der Waals surface area (Å²) in [6.45, 7) is 7.86. The van der Waals surface area contributed by atoms with E-state index < -0.39 is 0 Å². The molecular formula is C21H27N4O2S+. The number of carbonyl (C=O) groups excluding carboxylic acids is 1. The molecular weight excluding hydrogens is 372 g/mol. The number of thiophene rings is 1. The number of hydrogen-bond acceptors (Lipinski definition) is 4. The van der Waals surface area contributed by atoms with Gasteiger partial charge in [0.1, 0.15) is 13.1 Å². The number of nitrogens with zero attached hydrogens (tertiary/aromatic N) is 3. The van der Waals surface area contributed by atoms with Crippen LogP contribution in [0.25, 0.3) is 10.1 Å². The molecule has 28 heavy (non-hydrogen) atoms. The summed E-state index contributed by atoms with van der Waals surface area (Å²) in [4.78, 5) is 17.7. The van der Waals surface area contributed by atoms with E-state index in [1.54, 1.807) is 11.3 Å². The van der Waals surface area contributed by atoms with Gasteiger partial charge in [-0.1, -0.05) is 18.2 Å². The lowest BCUT2D eigenvalue weighted by molar-refractivity contribution is -0.907. The predicted octanol–water partition coefficient (Wildman–Crippen LogP) is 1.50. The fourth-order valence-electron chi connectivity index (χ4n) is 3.71. The van der Waals surface area contributed by atoms with Gasteiger partial charge in [-0.15, -0.1) is 11.3 Å². The zero-order chi connectivity index (χ0) is 19.5.